The van der Waals surface area contributed by atoms with Gasteiger partial charge in [-0.25, -0.2) is 0 Å². The molecule has 2 aromatic carbocycles. The van der Waals surface area contributed by atoms with Crippen molar-refractivity contribution < 1.29 is 9.53 Å². The van der Waals surface area contributed by atoms with Crippen molar-refractivity contribution in [3.05, 3.63) is 70.8 Å². The molecule has 2 aromatic rings. The van der Waals surface area contributed by atoms with Crippen molar-refractivity contribution in [3.8, 4) is 17.6 Å². The van der Waals surface area contributed by atoms with E-state index in [1.54, 1.807) is 19.3 Å². The highest BCUT2D eigenvalue weighted by atomic mass is 35.5. The minimum Gasteiger partial charge on any atom is -0.495 e. The molecule has 0 radical (unpaired) electrons. The molecule has 0 bridgehead atoms. The lowest BCUT2D eigenvalue weighted by molar-refractivity contribution is -0.116. The summed E-state index contributed by atoms with van der Waals surface area (Å²) in [5.74, 6) is 6.35. The van der Waals surface area contributed by atoms with E-state index in [4.69, 9.17) is 16.3 Å². The van der Waals surface area contributed by atoms with Gasteiger partial charge in [0.25, 0.3) is 0 Å². The summed E-state index contributed by atoms with van der Waals surface area (Å²) >= 11 is 6.01. The smallest absolute Gasteiger partial charge is 0.244 e. The minimum atomic E-state index is -0.223. The monoisotopic (exact) mass is 325 g/mol. The van der Waals surface area contributed by atoms with Gasteiger partial charge in [-0.15, -0.1) is 0 Å². The van der Waals surface area contributed by atoms with Crippen molar-refractivity contribution in [2.75, 3.05) is 13.7 Å². The first-order valence-electron chi connectivity index (χ1n) is 7.03. The molecule has 0 aliphatic rings. The van der Waals surface area contributed by atoms with Crippen molar-refractivity contribution >= 4 is 23.6 Å². The van der Waals surface area contributed by atoms with Gasteiger partial charge in [0, 0.05) is 11.1 Å². The van der Waals surface area contributed by atoms with Crippen LogP contribution in [0.1, 0.15) is 11.1 Å². The second-order valence-corrected chi connectivity index (χ2v) is 4.98. The van der Waals surface area contributed by atoms with E-state index < -0.39 is 0 Å². The minimum absolute atomic E-state index is 0.223. The van der Waals surface area contributed by atoms with Crippen LogP contribution in [-0.2, 0) is 4.79 Å². The van der Waals surface area contributed by atoms with E-state index in [0.717, 1.165) is 11.1 Å². The molecule has 1 N–H and O–H groups in total. The topological polar surface area (TPSA) is 38.3 Å². The van der Waals surface area contributed by atoms with Crippen LogP contribution in [0.2, 0.25) is 5.02 Å². The average Bonchev–Trinajstić information content (AvgIpc) is 2.58. The zero-order valence-electron chi connectivity index (χ0n) is 12.7. The maximum atomic E-state index is 11.7. The Kier molecular flexibility index (Phi) is 6.28. The zero-order chi connectivity index (χ0) is 16.5. The Hall–Kier alpha value is -2.70. The molecule has 116 valence electrons. The number of ether oxygens (including phenoxy) is 1. The molecule has 0 spiro atoms. The fourth-order valence-corrected chi connectivity index (χ4v) is 2.05. The average molecular weight is 326 g/mol. The Morgan fingerprint density at radius 3 is 2.74 bits per heavy atom. The van der Waals surface area contributed by atoms with Crippen molar-refractivity contribution in [1.82, 2.24) is 5.32 Å². The van der Waals surface area contributed by atoms with Crippen LogP contribution in [0.25, 0.3) is 6.08 Å². The third-order valence-corrected chi connectivity index (χ3v) is 3.34. The van der Waals surface area contributed by atoms with Crippen LogP contribution in [0.15, 0.2) is 54.6 Å². The highest BCUT2D eigenvalue weighted by molar-refractivity contribution is 6.32. The third kappa shape index (κ3) is 5.21. The first-order chi connectivity index (χ1) is 11.2. The van der Waals surface area contributed by atoms with Crippen molar-refractivity contribution in [2.45, 2.75) is 0 Å². The molecule has 2 rings (SSSR count). The normalized spacial score (nSPS) is 10.0. The largest absolute Gasteiger partial charge is 0.495 e. The number of nitrogens with one attached hydrogen (secondary N) is 1. The molecule has 0 saturated carbocycles. The van der Waals surface area contributed by atoms with Gasteiger partial charge >= 0.3 is 0 Å². The van der Waals surface area contributed by atoms with Gasteiger partial charge in [0.05, 0.1) is 19.2 Å². The highest BCUT2D eigenvalue weighted by Gasteiger charge is 1.97. The molecule has 0 atom stereocenters. The third-order valence-electron chi connectivity index (χ3n) is 3.00. The Bertz CT molecular complexity index is 772. The Balaban J connectivity index is 1.89. The number of carbonyl (C=O) groups is 1. The molecule has 0 unspecified atom stereocenters. The summed E-state index contributed by atoms with van der Waals surface area (Å²) in [5.41, 5.74) is 1.58. The number of para-hydroxylation sites is 1. The van der Waals surface area contributed by atoms with Crippen molar-refractivity contribution in [3.63, 3.8) is 0 Å². The van der Waals surface area contributed by atoms with Gasteiger partial charge in [-0.05, 0) is 29.8 Å². The fraction of sp³-hybridized carbons (Fsp3) is 0.105. The summed E-state index contributed by atoms with van der Waals surface area (Å²) < 4.78 is 5.21. The summed E-state index contributed by atoms with van der Waals surface area (Å²) in [6.45, 7) is 0.254. The lowest BCUT2D eigenvalue weighted by Gasteiger charge is -2.01. The number of amides is 1. The quantitative estimate of drug-likeness (QED) is 0.690. The number of carbonyl (C=O) groups excluding carboxylic acids is 1. The van der Waals surface area contributed by atoms with Crippen LogP contribution < -0.4 is 10.1 Å². The van der Waals surface area contributed by atoms with Crippen molar-refractivity contribution in [1.29, 1.82) is 0 Å². The summed E-state index contributed by atoms with van der Waals surface area (Å²) in [7, 11) is 1.60. The molecule has 0 fully saturated rings. The van der Waals surface area contributed by atoms with E-state index in [1.807, 2.05) is 42.5 Å². The number of rotatable bonds is 4. The van der Waals surface area contributed by atoms with Crippen LogP contribution >= 0.6 is 11.6 Å². The Morgan fingerprint density at radius 2 is 1.96 bits per heavy atom. The molecule has 3 nitrogen and oxygen atoms in total. The van der Waals surface area contributed by atoms with Crippen LogP contribution in [0.5, 0.6) is 5.75 Å². The van der Waals surface area contributed by atoms with E-state index in [2.05, 4.69) is 17.2 Å². The maximum absolute atomic E-state index is 11.7. The van der Waals surface area contributed by atoms with Crippen LogP contribution in [-0.4, -0.2) is 19.6 Å². The SMILES string of the molecule is COc1ccccc1C#CCNC(=O)/C=C/c1ccccc1Cl. The molecule has 4 heteroatoms. The van der Waals surface area contributed by atoms with Crippen LogP contribution in [0, 0.1) is 11.8 Å². The molecule has 0 aliphatic carbocycles. The lowest BCUT2D eigenvalue weighted by Crippen LogP contribution is -2.20. The molecular weight excluding hydrogens is 310 g/mol. The zero-order valence-corrected chi connectivity index (χ0v) is 13.4. The fourth-order valence-electron chi connectivity index (χ4n) is 1.85. The first-order valence-corrected chi connectivity index (χ1v) is 7.41. The van der Waals surface area contributed by atoms with Gasteiger partial charge in [0.1, 0.15) is 5.75 Å². The Morgan fingerprint density at radius 1 is 1.22 bits per heavy atom. The molecule has 0 aromatic heterocycles. The predicted octanol–water partition coefficient (Wildman–Crippen LogP) is 3.53. The second kappa shape index (κ2) is 8.67. The molecule has 0 aliphatic heterocycles. The molecule has 0 heterocycles. The number of methoxy groups -OCH3 is 1. The van der Waals surface area contributed by atoms with Gasteiger partial charge in [0.2, 0.25) is 5.91 Å². The van der Waals surface area contributed by atoms with Crippen LogP contribution in [0.3, 0.4) is 0 Å². The summed E-state index contributed by atoms with van der Waals surface area (Å²) in [5, 5.41) is 3.30. The van der Waals surface area contributed by atoms with Gasteiger partial charge in [-0.3, -0.25) is 4.79 Å². The van der Waals surface area contributed by atoms with Gasteiger partial charge in [-0.2, -0.15) is 0 Å². The summed E-state index contributed by atoms with van der Waals surface area (Å²) in [6.07, 6.45) is 3.11. The molecular formula is C19H16ClNO2. The van der Waals surface area contributed by atoms with Gasteiger partial charge < -0.3 is 10.1 Å². The summed E-state index contributed by atoms with van der Waals surface area (Å²) in [6, 6.07) is 14.8. The lowest BCUT2D eigenvalue weighted by atomic mass is 10.2. The van der Waals surface area contributed by atoms with E-state index in [-0.39, 0.29) is 12.5 Å². The predicted molar refractivity (Wildman–Crippen MR) is 93.4 cm³/mol. The molecule has 1 amide bonds. The molecule has 23 heavy (non-hydrogen) atoms. The first kappa shape index (κ1) is 16.7. The van der Waals surface area contributed by atoms with Crippen LogP contribution in [0.4, 0.5) is 0 Å². The second-order valence-electron chi connectivity index (χ2n) is 4.57. The number of halogens is 1. The summed E-state index contributed by atoms with van der Waals surface area (Å²) in [4.78, 5) is 11.7. The van der Waals surface area contributed by atoms with E-state index in [1.165, 1.54) is 6.08 Å². The standard InChI is InChI=1S/C19H16ClNO2/c1-23-18-11-5-3-8-16(18)9-6-14-21-19(22)13-12-15-7-2-4-10-17(15)20/h2-5,7-8,10-13H,14H2,1H3,(H,21,22)/b13-12+. The number of hydrogen-bond acceptors (Lipinski definition) is 2. The van der Waals surface area contributed by atoms with Gasteiger partial charge in [0.15, 0.2) is 0 Å². The number of benzene rings is 2. The van der Waals surface area contributed by atoms with Crippen molar-refractivity contribution in [2.24, 2.45) is 0 Å². The Labute approximate surface area is 140 Å². The maximum Gasteiger partial charge on any atom is 0.244 e. The molecule has 0 saturated heterocycles. The van der Waals surface area contributed by atoms with Gasteiger partial charge in [-0.1, -0.05) is 53.8 Å². The van der Waals surface area contributed by atoms with E-state index in [0.29, 0.717) is 10.8 Å². The van der Waals surface area contributed by atoms with E-state index >= 15 is 0 Å². The van der Waals surface area contributed by atoms with E-state index in [9.17, 15) is 4.79 Å². The number of hydrogen-bond donors (Lipinski definition) is 1. The highest BCUT2D eigenvalue weighted by Crippen LogP contribution is 2.16.